The zero-order chi connectivity index (χ0) is 13.7. The second-order valence-electron chi connectivity index (χ2n) is 5.32. The van der Waals surface area contributed by atoms with Crippen LogP contribution >= 0.6 is 15.9 Å². The van der Waals surface area contributed by atoms with E-state index in [0.29, 0.717) is 0 Å². The standard InChI is InChI=1S/C14H23BrN4/c1-3-7-16-14-17-10-12(15)13(18-14)19-8-4-5-11(2)6-9-19/h10-11H,3-9H2,1-2H3,(H,16,17,18). The van der Waals surface area contributed by atoms with Gasteiger partial charge in [0.25, 0.3) is 0 Å². The van der Waals surface area contributed by atoms with Crippen LogP contribution in [0.1, 0.15) is 39.5 Å². The number of rotatable bonds is 4. The minimum Gasteiger partial charge on any atom is -0.356 e. The van der Waals surface area contributed by atoms with Crippen LogP contribution in [-0.2, 0) is 0 Å². The van der Waals surface area contributed by atoms with Crippen molar-refractivity contribution in [2.45, 2.75) is 39.5 Å². The van der Waals surface area contributed by atoms with Crippen molar-refractivity contribution in [1.82, 2.24) is 9.97 Å². The molecule has 0 spiro atoms. The molecule has 0 aromatic carbocycles. The van der Waals surface area contributed by atoms with Crippen molar-refractivity contribution in [1.29, 1.82) is 0 Å². The Morgan fingerprint density at radius 2 is 2.26 bits per heavy atom. The zero-order valence-corrected chi connectivity index (χ0v) is 13.4. The van der Waals surface area contributed by atoms with Gasteiger partial charge in [0, 0.05) is 25.8 Å². The average Bonchev–Trinajstić information content (AvgIpc) is 2.63. The van der Waals surface area contributed by atoms with Crippen LogP contribution in [0.25, 0.3) is 0 Å². The highest BCUT2D eigenvalue weighted by Crippen LogP contribution is 2.27. The van der Waals surface area contributed by atoms with Crippen molar-refractivity contribution in [3.8, 4) is 0 Å². The Morgan fingerprint density at radius 1 is 1.42 bits per heavy atom. The van der Waals surface area contributed by atoms with Gasteiger partial charge in [0.05, 0.1) is 4.47 Å². The highest BCUT2D eigenvalue weighted by molar-refractivity contribution is 9.10. The molecule has 19 heavy (non-hydrogen) atoms. The van der Waals surface area contributed by atoms with Gasteiger partial charge in [0.1, 0.15) is 5.82 Å². The van der Waals surface area contributed by atoms with E-state index in [1.54, 1.807) is 0 Å². The summed E-state index contributed by atoms with van der Waals surface area (Å²) < 4.78 is 0.990. The number of halogens is 1. The maximum absolute atomic E-state index is 4.66. The van der Waals surface area contributed by atoms with Crippen molar-refractivity contribution in [3.63, 3.8) is 0 Å². The molecule has 0 saturated carbocycles. The predicted molar refractivity (Wildman–Crippen MR) is 83.7 cm³/mol. The third kappa shape index (κ3) is 4.06. The molecule has 4 nitrogen and oxygen atoms in total. The third-order valence-electron chi connectivity index (χ3n) is 3.58. The summed E-state index contributed by atoms with van der Waals surface area (Å²) >= 11 is 3.58. The van der Waals surface area contributed by atoms with Crippen LogP contribution in [0.4, 0.5) is 11.8 Å². The maximum atomic E-state index is 4.66. The largest absolute Gasteiger partial charge is 0.356 e. The lowest BCUT2D eigenvalue weighted by Crippen LogP contribution is -2.26. The maximum Gasteiger partial charge on any atom is 0.224 e. The lowest BCUT2D eigenvalue weighted by molar-refractivity contribution is 0.521. The Labute approximate surface area is 124 Å². The van der Waals surface area contributed by atoms with Gasteiger partial charge < -0.3 is 10.2 Å². The predicted octanol–water partition coefficient (Wildman–Crippen LogP) is 3.69. The normalized spacial score (nSPS) is 20.2. The van der Waals surface area contributed by atoms with Crippen molar-refractivity contribution >= 4 is 27.7 Å². The van der Waals surface area contributed by atoms with E-state index in [2.05, 4.69) is 50.0 Å². The van der Waals surface area contributed by atoms with Crippen molar-refractivity contribution < 1.29 is 0 Å². The van der Waals surface area contributed by atoms with Crippen LogP contribution in [0.3, 0.4) is 0 Å². The van der Waals surface area contributed by atoms with Crippen LogP contribution in [-0.4, -0.2) is 29.6 Å². The van der Waals surface area contributed by atoms with Crippen LogP contribution in [0.15, 0.2) is 10.7 Å². The molecular weight excluding hydrogens is 304 g/mol. The SMILES string of the molecule is CCCNc1ncc(Br)c(N2CCCC(C)CC2)n1. The summed E-state index contributed by atoms with van der Waals surface area (Å²) in [5.41, 5.74) is 0. The summed E-state index contributed by atoms with van der Waals surface area (Å²) in [5.74, 6) is 2.59. The molecule has 1 fully saturated rings. The van der Waals surface area contributed by atoms with Gasteiger partial charge in [0.2, 0.25) is 5.95 Å². The van der Waals surface area contributed by atoms with Gasteiger partial charge in [0.15, 0.2) is 0 Å². The molecule has 0 aliphatic carbocycles. The first-order valence-electron chi connectivity index (χ1n) is 7.22. The average molecular weight is 327 g/mol. The summed E-state index contributed by atoms with van der Waals surface area (Å²) in [6.07, 6.45) is 6.74. The van der Waals surface area contributed by atoms with Gasteiger partial charge >= 0.3 is 0 Å². The highest BCUT2D eigenvalue weighted by atomic mass is 79.9. The molecule has 5 heteroatoms. The number of hydrogen-bond acceptors (Lipinski definition) is 4. The van der Waals surface area contributed by atoms with Crippen LogP contribution in [0.5, 0.6) is 0 Å². The lowest BCUT2D eigenvalue weighted by atomic mass is 10.0. The molecule has 1 unspecified atom stereocenters. The van der Waals surface area contributed by atoms with E-state index in [-0.39, 0.29) is 0 Å². The molecule has 0 amide bonds. The number of anilines is 2. The Balaban J connectivity index is 2.12. The molecule has 1 N–H and O–H groups in total. The summed E-state index contributed by atoms with van der Waals surface area (Å²) in [5, 5.41) is 3.26. The lowest BCUT2D eigenvalue weighted by Gasteiger charge is -2.23. The number of hydrogen-bond donors (Lipinski definition) is 1. The number of aromatic nitrogens is 2. The van der Waals surface area contributed by atoms with E-state index in [1.807, 2.05) is 6.20 Å². The molecule has 106 valence electrons. The molecule has 1 aliphatic rings. The molecule has 1 atom stereocenters. The fourth-order valence-electron chi connectivity index (χ4n) is 2.38. The van der Waals surface area contributed by atoms with Crippen LogP contribution in [0.2, 0.25) is 0 Å². The summed E-state index contributed by atoms with van der Waals surface area (Å²) in [7, 11) is 0. The first kappa shape index (κ1) is 14.6. The molecule has 1 saturated heterocycles. The van der Waals surface area contributed by atoms with Crippen molar-refractivity contribution in [2.75, 3.05) is 29.9 Å². The van der Waals surface area contributed by atoms with E-state index in [9.17, 15) is 0 Å². The van der Waals surface area contributed by atoms with Crippen LogP contribution < -0.4 is 10.2 Å². The monoisotopic (exact) mass is 326 g/mol. The van der Waals surface area contributed by atoms with Gasteiger partial charge in [-0.25, -0.2) is 4.98 Å². The quantitative estimate of drug-likeness (QED) is 0.916. The third-order valence-corrected chi connectivity index (χ3v) is 4.13. The summed E-state index contributed by atoms with van der Waals surface area (Å²) in [4.78, 5) is 11.4. The first-order valence-corrected chi connectivity index (χ1v) is 8.01. The highest BCUT2D eigenvalue weighted by Gasteiger charge is 2.18. The topological polar surface area (TPSA) is 41.1 Å². The van der Waals surface area contributed by atoms with Crippen molar-refractivity contribution in [2.24, 2.45) is 5.92 Å². The summed E-state index contributed by atoms with van der Waals surface area (Å²) in [6, 6.07) is 0. The minimum atomic E-state index is 0.734. The Bertz CT molecular complexity index is 410. The van der Waals surface area contributed by atoms with Gasteiger partial charge in [-0.1, -0.05) is 13.8 Å². The Hall–Kier alpha value is -0.840. The molecule has 2 rings (SSSR count). The fourth-order valence-corrected chi connectivity index (χ4v) is 2.82. The smallest absolute Gasteiger partial charge is 0.224 e. The fraction of sp³-hybridized carbons (Fsp3) is 0.714. The van der Waals surface area contributed by atoms with E-state index in [1.165, 1.54) is 19.3 Å². The minimum absolute atomic E-state index is 0.734. The van der Waals surface area contributed by atoms with E-state index in [0.717, 1.165) is 48.2 Å². The molecule has 1 aromatic heterocycles. The molecule has 1 aromatic rings. The Morgan fingerprint density at radius 3 is 3.05 bits per heavy atom. The van der Waals surface area contributed by atoms with Gasteiger partial charge in [-0.3, -0.25) is 0 Å². The van der Waals surface area contributed by atoms with Gasteiger partial charge in [-0.2, -0.15) is 4.98 Å². The molecule has 0 bridgehead atoms. The number of nitrogens with zero attached hydrogens (tertiary/aromatic N) is 3. The summed E-state index contributed by atoms with van der Waals surface area (Å²) in [6.45, 7) is 7.57. The zero-order valence-electron chi connectivity index (χ0n) is 11.8. The van der Waals surface area contributed by atoms with Gasteiger partial charge in [-0.15, -0.1) is 0 Å². The van der Waals surface area contributed by atoms with Gasteiger partial charge in [-0.05, 0) is 47.5 Å². The Kier molecular flexibility index (Phi) is 5.43. The van der Waals surface area contributed by atoms with Crippen LogP contribution in [0, 0.1) is 5.92 Å². The molecule has 0 radical (unpaired) electrons. The molecular formula is C14H23BrN4. The first-order chi connectivity index (χ1) is 9.20. The molecule has 2 heterocycles. The van der Waals surface area contributed by atoms with Crippen molar-refractivity contribution in [3.05, 3.63) is 10.7 Å². The molecule has 1 aliphatic heterocycles. The van der Waals surface area contributed by atoms with E-state index < -0.39 is 0 Å². The number of nitrogens with one attached hydrogen (secondary N) is 1. The second-order valence-corrected chi connectivity index (χ2v) is 6.17. The van der Waals surface area contributed by atoms with E-state index in [4.69, 9.17) is 0 Å². The second kappa shape index (κ2) is 7.08. The van der Waals surface area contributed by atoms with E-state index >= 15 is 0 Å².